The lowest BCUT2D eigenvalue weighted by atomic mass is 10.1. The molecule has 0 aromatic carbocycles. The quantitative estimate of drug-likeness (QED) is 0.610. The van der Waals surface area contributed by atoms with Crippen molar-refractivity contribution in [3.8, 4) is 0 Å². The SMILES string of the molecule is CC(C)C(=O)CN(C)C1CC1. The van der Waals surface area contributed by atoms with E-state index < -0.39 is 0 Å². The van der Waals surface area contributed by atoms with E-state index in [4.69, 9.17) is 0 Å². The summed E-state index contributed by atoms with van der Waals surface area (Å²) in [6, 6.07) is 0.706. The largest absolute Gasteiger partial charge is 0.298 e. The van der Waals surface area contributed by atoms with E-state index in [9.17, 15) is 4.79 Å². The highest BCUT2D eigenvalue weighted by Gasteiger charge is 2.27. The van der Waals surface area contributed by atoms with Gasteiger partial charge < -0.3 is 0 Å². The maximum absolute atomic E-state index is 11.2. The number of hydrogen-bond donors (Lipinski definition) is 0. The third kappa shape index (κ3) is 2.62. The fourth-order valence-corrected chi connectivity index (χ4v) is 1.07. The molecule has 2 heteroatoms. The first-order chi connectivity index (χ1) is 5.11. The lowest BCUT2D eigenvalue weighted by Crippen LogP contribution is -2.30. The Labute approximate surface area is 68.6 Å². The fourth-order valence-electron chi connectivity index (χ4n) is 1.07. The van der Waals surface area contributed by atoms with E-state index in [1.165, 1.54) is 12.8 Å². The summed E-state index contributed by atoms with van der Waals surface area (Å²) in [5.74, 6) is 0.551. The number of carbonyl (C=O) groups is 1. The molecule has 0 bridgehead atoms. The first-order valence-corrected chi connectivity index (χ1v) is 4.34. The van der Waals surface area contributed by atoms with Crippen molar-refractivity contribution in [2.45, 2.75) is 32.7 Å². The second-order valence-electron chi connectivity index (χ2n) is 3.77. The van der Waals surface area contributed by atoms with Crippen LogP contribution >= 0.6 is 0 Å². The number of likely N-dealkylation sites (N-methyl/N-ethyl adjacent to an activating group) is 1. The van der Waals surface area contributed by atoms with Gasteiger partial charge in [0.15, 0.2) is 0 Å². The molecule has 0 radical (unpaired) electrons. The van der Waals surface area contributed by atoms with E-state index >= 15 is 0 Å². The van der Waals surface area contributed by atoms with Crippen LogP contribution in [0.5, 0.6) is 0 Å². The Bertz CT molecular complexity index is 150. The maximum atomic E-state index is 11.2. The van der Waals surface area contributed by atoms with Crippen molar-refractivity contribution < 1.29 is 4.79 Å². The molecular formula is C9H17NO. The predicted octanol–water partition coefficient (Wildman–Crippen LogP) is 1.31. The molecule has 1 fully saturated rings. The molecule has 2 nitrogen and oxygen atoms in total. The van der Waals surface area contributed by atoms with Gasteiger partial charge in [0.1, 0.15) is 5.78 Å². The van der Waals surface area contributed by atoms with Crippen LogP contribution in [0.3, 0.4) is 0 Å². The van der Waals surface area contributed by atoms with Crippen LogP contribution in [0.4, 0.5) is 0 Å². The van der Waals surface area contributed by atoms with Crippen LogP contribution in [0.25, 0.3) is 0 Å². The van der Waals surface area contributed by atoms with E-state index in [-0.39, 0.29) is 5.92 Å². The van der Waals surface area contributed by atoms with Gasteiger partial charge in [-0.1, -0.05) is 13.8 Å². The minimum absolute atomic E-state index is 0.191. The van der Waals surface area contributed by atoms with Crippen molar-refractivity contribution in [1.82, 2.24) is 4.90 Å². The zero-order valence-corrected chi connectivity index (χ0v) is 7.63. The summed E-state index contributed by atoms with van der Waals surface area (Å²) < 4.78 is 0. The molecule has 0 saturated heterocycles. The lowest BCUT2D eigenvalue weighted by Gasteiger charge is -2.15. The molecule has 0 spiro atoms. The van der Waals surface area contributed by atoms with Crippen molar-refractivity contribution in [2.24, 2.45) is 5.92 Å². The average molecular weight is 155 g/mol. The Morgan fingerprint density at radius 2 is 2.09 bits per heavy atom. The highest BCUT2D eigenvalue weighted by Crippen LogP contribution is 2.25. The van der Waals surface area contributed by atoms with Crippen LogP contribution in [-0.2, 0) is 4.79 Å². The van der Waals surface area contributed by atoms with Crippen LogP contribution < -0.4 is 0 Å². The molecule has 1 rings (SSSR count). The van der Waals surface area contributed by atoms with Crippen LogP contribution in [0.1, 0.15) is 26.7 Å². The lowest BCUT2D eigenvalue weighted by molar-refractivity contribution is -0.122. The summed E-state index contributed by atoms with van der Waals surface area (Å²) in [6.07, 6.45) is 2.56. The van der Waals surface area contributed by atoms with Crippen molar-refractivity contribution >= 4 is 5.78 Å². The molecule has 1 aliphatic carbocycles. The number of nitrogens with zero attached hydrogens (tertiary/aromatic N) is 1. The van der Waals surface area contributed by atoms with Gasteiger partial charge in [-0.3, -0.25) is 9.69 Å². The second-order valence-corrected chi connectivity index (χ2v) is 3.77. The fraction of sp³-hybridized carbons (Fsp3) is 0.889. The number of Topliss-reactive ketones (excluding diaryl/α,β-unsaturated/α-hetero) is 1. The zero-order chi connectivity index (χ0) is 8.43. The van der Waals surface area contributed by atoms with Gasteiger partial charge in [-0.25, -0.2) is 0 Å². The van der Waals surface area contributed by atoms with E-state index in [0.29, 0.717) is 18.4 Å². The molecular weight excluding hydrogens is 138 g/mol. The zero-order valence-electron chi connectivity index (χ0n) is 7.63. The third-order valence-corrected chi connectivity index (χ3v) is 2.22. The molecule has 0 aliphatic heterocycles. The molecule has 64 valence electrons. The molecule has 0 heterocycles. The monoisotopic (exact) mass is 155 g/mol. The van der Waals surface area contributed by atoms with Gasteiger partial charge >= 0.3 is 0 Å². The number of rotatable bonds is 4. The number of carbonyl (C=O) groups excluding carboxylic acids is 1. The molecule has 0 aromatic rings. The van der Waals surface area contributed by atoms with Gasteiger partial charge in [-0.05, 0) is 19.9 Å². The molecule has 0 atom stereocenters. The average Bonchev–Trinajstić information content (AvgIpc) is 2.67. The predicted molar refractivity (Wildman–Crippen MR) is 45.5 cm³/mol. The maximum Gasteiger partial charge on any atom is 0.149 e. The topological polar surface area (TPSA) is 20.3 Å². The Kier molecular flexibility index (Phi) is 2.66. The molecule has 0 unspecified atom stereocenters. The Morgan fingerprint density at radius 3 is 2.45 bits per heavy atom. The van der Waals surface area contributed by atoms with Gasteiger partial charge in [-0.2, -0.15) is 0 Å². The summed E-state index contributed by atoms with van der Waals surface area (Å²) in [5.41, 5.74) is 0. The minimum atomic E-state index is 0.191. The van der Waals surface area contributed by atoms with E-state index in [1.54, 1.807) is 0 Å². The number of ketones is 1. The molecule has 11 heavy (non-hydrogen) atoms. The van der Waals surface area contributed by atoms with Crippen LogP contribution in [0, 0.1) is 5.92 Å². The van der Waals surface area contributed by atoms with Gasteiger partial charge in [0.05, 0.1) is 6.54 Å². The van der Waals surface area contributed by atoms with Gasteiger partial charge in [0.2, 0.25) is 0 Å². The van der Waals surface area contributed by atoms with E-state index in [1.807, 2.05) is 20.9 Å². The first kappa shape index (κ1) is 8.72. The summed E-state index contributed by atoms with van der Waals surface area (Å²) in [4.78, 5) is 13.4. The second kappa shape index (κ2) is 3.35. The molecule has 1 saturated carbocycles. The van der Waals surface area contributed by atoms with Gasteiger partial charge in [0, 0.05) is 12.0 Å². The molecule has 0 aromatic heterocycles. The van der Waals surface area contributed by atoms with Crippen LogP contribution in [0.15, 0.2) is 0 Å². The minimum Gasteiger partial charge on any atom is -0.298 e. The highest BCUT2D eigenvalue weighted by atomic mass is 16.1. The van der Waals surface area contributed by atoms with Crippen molar-refractivity contribution in [3.05, 3.63) is 0 Å². The molecule has 0 N–H and O–H groups in total. The van der Waals surface area contributed by atoms with Crippen LogP contribution in [0.2, 0.25) is 0 Å². The van der Waals surface area contributed by atoms with Crippen molar-refractivity contribution in [2.75, 3.05) is 13.6 Å². The Balaban J connectivity index is 2.23. The van der Waals surface area contributed by atoms with E-state index in [2.05, 4.69) is 4.90 Å². The smallest absolute Gasteiger partial charge is 0.149 e. The van der Waals surface area contributed by atoms with Gasteiger partial charge in [0.25, 0.3) is 0 Å². The molecule has 1 aliphatic rings. The summed E-state index contributed by atoms with van der Waals surface area (Å²) in [7, 11) is 2.04. The summed E-state index contributed by atoms with van der Waals surface area (Å²) >= 11 is 0. The van der Waals surface area contributed by atoms with Crippen molar-refractivity contribution in [3.63, 3.8) is 0 Å². The van der Waals surface area contributed by atoms with Gasteiger partial charge in [-0.15, -0.1) is 0 Å². The van der Waals surface area contributed by atoms with E-state index in [0.717, 1.165) is 0 Å². The third-order valence-electron chi connectivity index (χ3n) is 2.22. The standard InChI is InChI=1S/C9H17NO/c1-7(2)9(11)6-10(3)8-4-5-8/h7-8H,4-6H2,1-3H3. The highest BCUT2D eigenvalue weighted by molar-refractivity contribution is 5.82. The molecule has 0 amide bonds. The van der Waals surface area contributed by atoms with Crippen molar-refractivity contribution in [1.29, 1.82) is 0 Å². The van der Waals surface area contributed by atoms with Crippen LogP contribution in [-0.4, -0.2) is 30.3 Å². The normalized spacial score (nSPS) is 17.9. The first-order valence-electron chi connectivity index (χ1n) is 4.34. The Morgan fingerprint density at radius 1 is 1.55 bits per heavy atom. The Hall–Kier alpha value is -0.370. The summed E-state index contributed by atoms with van der Waals surface area (Å²) in [5, 5.41) is 0. The number of hydrogen-bond acceptors (Lipinski definition) is 2. The summed E-state index contributed by atoms with van der Waals surface area (Å²) in [6.45, 7) is 4.56.